The lowest BCUT2D eigenvalue weighted by Gasteiger charge is -2.28. The topological polar surface area (TPSA) is 74.2 Å². The fourth-order valence-electron chi connectivity index (χ4n) is 3.61. The molecular weight excluding hydrogens is 382 g/mol. The number of hydrogen-bond donors (Lipinski definition) is 3. The van der Waals surface area contributed by atoms with Gasteiger partial charge in [0, 0.05) is 28.6 Å². The number of nitrogens with zero attached hydrogens (tertiary/aromatic N) is 1. The van der Waals surface area contributed by atoms with Gasteiger partial charge in [0.25, 0.3) is 0 Å². The third-order valence-electron chi connectivity index (χ3n) is 5.14. The summed E-state index contributed by atoms with van der Waals surface area (Å²) in [6, 6.07) is 16.7. The van der Waals surface area contributed by atoms with Crippen molar-refractivity contribution in [3.8, 4) is 0 Å². The summed E-state index contributed by atoms with van der Waals surface area (Å²) in [6.07, 6.45) is 4.05. The maximum absolute atomic E-state index is 11.4. The van der Waals surface area contributed by atoms with Crippen LogP contribution < -0.4 is 10.6 Å². The number of rotatable bonds is 6. The van der Waals surface area contributed by atoms with Crippen molar-refractivity contribution in [2.24, 2.45) is 0 Å². The number of aromatic carboxylic acids is 1. The van der Waals surface area contributed by atoms with Crippen molar-refractivity contribution in [1.82, 2.24) is 10.3 Å². The number of aryl methyl sites for hydroxylation is 1. The van der Waals surface area contributed by atoms with Gasteiger partial charge in [-0.25, -0.2) is 4.79 Å². The first-order valence-corrected chi connectivity index (χ1v) is 10.4. The molecule has 4 rings (SSSR count). The van der Waals surface area contributed by atoms with E-state index in [1.54, 1.807) is 18.0 Å². The molecule has 3 aromatic rings. The molecule has 148 valence electrons. The van der Waals surface area contributed by atoms with Gasteiger partial charge in [-0.1, -0.05) is 36.0 Å². The largest absolute Gasteiger partial charge is 0.478 e. The number of fused-ring (bicyclic) bond motifs is 1. The van der Waals surface area contributed by atoms with Gasteiger partial charge in [-0.05, 0) is 60.8 Å². The molecule has 29 heavy (non-hydrogen) atoms. The van der Waals surface area contributed by atoms with Crippen LogP contribution >= 0.6 is 11.8 Å². The molecule has 0 unspecified atom stereocenters. The Bertz CT molecular complexity index is 1040. The fourth-order valence-corrected chi connectivity index (χ4v) is 4.57. The average molecular weight is 406 g/mol. The van der Waals surface area contributed by atoms with Crippen LogP contribution in [0, 0.1) is 6.92 Å². The molecule has 0 spiro atoms. The van der Waals surface area contributed by atoms with Crippen LogP contribution in [0.5, 0.6) is 0 Å². The van der Waals surface area contributed by atoms with Gasteiger partial charge in [-0.2, -0.15) is 0 Å². The summed E-state index contributed by atoms with van der Waals surface area (Å²) >= 11 is 1.79. The van der Waals surface area contributed by atoms with Crippen LogP contribution in [0.1, 0.15) is 33.1 Å². The number of carbonyl (C=O) groups is 1. The van der Waals surface area contributed by atoms with Gasteiger partial charge in [0.15, 0.2) is 0 Å². The molecule has 6 heteroatoms. The predicted molar refractivity (Wildman–Crippen MR) is 116 cm³/mol. The summed E-state index contributed by atoms with van der Waals surface area (Å²) < 4.78 is 0. The second-order valence-corrected chi connectivity index (χ2v) is 8.21. The SMILES string of the molecule is Cc1ccccc1Sc1ccc2c(c1)CCN[C@@H]2CNc1cnccc1C(=O)O. The van der Waals surface area contributed by atoms with E-state index in [0.29, 0.717) is 12.2 Å². The maximum Gasteiger partial charge on any atom is 0.337 e. The van der Waals surface area contributed by atoms with E-state index in [9.17, 15) is 9.90 Å². The Balaban J connectivity index is 1.50. The molecule has 3 N–H and O–H groups in total. The Hall–Kier alpha value is -2.83. The number of carboxylic acid groups (broad SMARTS) is 1. The number of carboxylic acids is 1. The highest BCUT2D eigenvalue weighted by atomic mass is 32.2. The Morgan fingerprint density at radius 1 is 1.28 bits per heavy atom. The lowest BCUT2D eigenvalue weighted by Crippen LogP contribution is -2.34. The summed E-state index contributed by atoms with van der Waals surface area (Å²) in [7, 11) is 0. The summed E-state index contributed by atoms with van der Waals surface area (Å²) in [5, 5.41) is 16.1. The Labute approximate surface area is 174 Å². The molecule has 0 bridgehead atoms. The van der Waals surface area contributed by atoms with Gasteiger partial charge in [-0.15, -0.1) is 0 Å². The van der Waals surface area contributed by atoms with Crippen LogP contribution in [0.25, 0.3) is 0 Å². The molecule has 0 fully saturated rings. The van der Waals surface area contributed by atoms with E-state index in [0.717, 1.165) is 13.0 Å². The van der Waals surface area contributed by atoms with Crippen molar-refractivity contribution < 1.29 is 9.90 Å². The third kappa shape index (κ3) is 4.44. The smallest absolute Gasteiger partial charge is 0.337 e. The number of anilines is 1. The van der Waals surface area contributed by atoms with Gasteiger partial charge in [0.2, 0.25) is 0 Å². The Morgan fingerprint density at radius 2 is 2.14 bits per heavy atom. The highest BCUT2D eigenvalue weighted by molar-refractivity contribution is 7.99. The van der Waals surface area contributed by atoms with E-state index >= 15 is 0 Å². The maximum atomic E-state index is 11.4. The van der Waals surface area contributed by atoms with Crippen molar-refractivity contribution in [2.45, 2.75) is 29.2 Å². The van der Waals surface area contributed by atoms with E-state index in [1.807, 2.05) is 0 Å². The highest BCUT2D eigenvalue weighted by Crippen LogP contribution is 2.33. The minimum atomic E-state index is -0.954. The number of pyridine rings is 1. The third-order valence-corrected chi connectivity index (χ3v) is 6.31. The van der Waals surface area contributed by atoms with Gasteiger partial charge >= 0.3 is 5.97 Å². The number of aromatic nitrogens is 1. The molecule has 2 aromatic carbocycles. The van der Waals surface area contributed by atoms with Crippen molar-refractivity contribution in [3.05, 3.63) is 83.2 Å². The van der Waals surface area contributed by atoms with Crippen LogP contribution in [0.3, 0.4) is 0 Å². The molecular formula is C23H23N3O2S. The minimum Gasteiger partial charge on any atom is -0.478 e. The van der Waals surface area contributed by atoms with Crippen LogP contribution in [-0.4, -0.2) is 29.1 Å². The first-order valence-electron chi connectivity index (χ1n) is 9.62. The molecule has 1 aliphatic rings. The van der Waals surface area contributed by atoms with Crippen LogP contribution in [0.4, 0.5) is 5.69 Å². The van der Waals surface area contributed by atoms with Crippen LogP contribution in [0.2, 0.25) is 0 Å². The highest BCUT2D eigenvalue weighted by Gasteiger charge is 2.21. The first-order chi connectivity index (χ1) is 14.1. The zero-order valence-electron chi connectivity index (χ0n) is 16.2. The summed E-state index contributed by atoms with van der Waals surface area (Å²) in [6.45, 7) is 3.64. The Kier molecular flexibility index (Phi) is 5.83. The molecule has 1 atom stereocenters. The van der Waals surface area contributed by atoms with E-state index in [-0.39, 0.29) is 11.6 Å². The summed E-state index contributed by atoms with van der Waals surface area (Å²) in [4.78, 5) is 18.0. The molecule has 5 nitrogen and oxygen atoms in total. The molecule has 0 amide bonds. The van der Waals surface area contributed by atoms with Crippen molar-refractivity contribution in [3.63, 3.8) is 0 Å². The zero-order valence-corrected chi connectivity index (χ0v) is 17.0. The molecule has 0 saturated heterocycles. The number of hydrogen-bond acceptors (Lipinski definition) is 5. The predicted octanol–water partition coefficient (Wildman–Crippen LogP) is 4.54. The number of nitrogens with one attached hydrogen (secondary N) is 2. The van der Waals surface area contributed by atoms with Crippen molar-refractivity contribution in [2.75, 3.05) is 18.4 Å². The molecule has 0 aliphatic carbocycles. The van der Waals surface area contributed by atoms with Gasteiger partial charge in [0.1, 0.15) is 0 Å². The lowest BCUT2D eigenvalue weighted by molar-refractivity contribution is 0.0697. The molecule has 1 aromatic heterocycles. The normalized spacial score (nSPS) is 15.6. The van der Waals surface area contributed by atoms with Gasteiger partial charge < -0.3 is 15.7 Å². The Morgan fingerprint density at radius 3 is 2.97 bits per heavy atom. The van der Waals surface area contributed by atoms with E-state index in [4.69, 9.17) is 0 Å². The fraction of sp³-hybridized carbons (Fsp3) is 0.217. The van der Waals surface area contributed by atoms with Crippen molar-refractivity contribution >= 4 is 23.4 Å². The average Bonchev–Trinajstić information content (AvgIpc) is 2.74. The van der Waals surface area contributed by atoms with Crippen LogP contribution in [0.15, 0.2) is 70.7 Å². The van der Waals surface area contributed by atoms with E-state index in [2.05, 4.69) is 65.0 Å². The van der Waals surface area contributed by atoms with E-state index in [1.165, 1.54) is 38.7 Å². The number of benzene rings is 2. The lowest BCUT2D eigenvalue weighted by atomic mass is 9.94. The van der Waals surface area contributed by atoms with Crippen molar-refractivity contribution in [1.29, 1.82) is 0 Å². The second-order valence-electron chi connectivity index (χ2n) is 7.09. The second kappa shape index (κ2) is 8.68. The standard InChI is InChI=1S/C23H23N3O2S/c1-15-4-2-3-5-22(15)29-17-6-7-18-16(12-17)8-11-25-21(18)14-26-20-13-24-10-9-19(20)23(27)28/h2-7,9-10,12-13,21,25-26H,8,11,14H2,1H3,(H,27,28)/t21-/m1/s1. The summed E-state index contributed by atoms with van der Waals surface area (Å²) in [5.41, 5.74) is 4.67. The molecule has 0 saturated carbocycles. The minimum absolute atomic E-state index is 0.123. The van der Waals surface area contributed by atoms with Gasteiger partial charge in [0.05, 0.1) is 17.4 Å². The molecule has 2 heterocycles. The monoisotopic (exact) mass is 405 g/mol. The molecule has 1 aliphatic heterocycles. The zero-order chi connectivity index (χ0) is 20.2. The van der Waals surface area contributed by atoms with Gasteiger partial charge in [-0.3, -0.25) is 4.98 Å². The molecule has 0 radical (unpaired) electrons. The summed E-state index contributed by atoms with van der Waals surface area (Å²) in [5.74, 6) is -0.954. The van der Waals surface area contributed by atoms with E-state index < -0.39 is 5.97 Å². The quantitative estimate of drug-likeness (QED) is 0.559. The first kappa shape index (κ1) is 19.5. The van der Waals surface area contributed by atoms with Crippen LogP contribution in [-0.2, 0) is 6.42 Å².